The van der Waals surface area contributed by atoms with Gasteiger partial charge in [0.1, 0.15) is 5.75 Å². The summed E-state index contributed by atoms with van der Waals surface area (Å²) in [5, 5.41) is 0. The van der Waals surface area contributed by atoms with Crippen LogP contribution in [0.15, 0.2) is 59.5 Å². The number of sulfonamides is 1. The molecule has 0 aliphatic carbocycles. The fourth-order valence-corrected chi connectivity index (χ4v) is 3.56. The number of anilines is 1. The van der Waals surface area contributed by atoms with Crippen LogP contribution in [0.2, 0.25) is 0 Å². The maximum Gasteiger partial charge on any atom is 0.322 e. The number of aromatic nitrogens is 2. The van der Waals surface area contributed by atoms with Crippen molar-refractivity contribution < 1.29 is 13.2 Å². The first-order valence-corrected chi connectivity index (χ1v) is 9.51. The summed E-state index contributed by atoms with van der Waals surface area (Å²) < 4.78 is 33.4. The lowest BCUT2D eigenvalue weighted by atomic mass is 10.2. The van der Waals surface area contributed by atoms with Crippen molar-refractivity contribution in [3.63, 3.8) is 0 Å². The first-order valence-electron chi connectivity index (χ1n) is 8.03. The summed E-state index contributed by atoms with van der Waals surface area (Å²) in [4.78, 5) is 8.71. The van der Waals surface area contributed by atoms with E-state index in [1.165, 1.54) is 0 Å². The van der Waals surface area contributed by atoms with Crippen LogP contribution in [0.25, 0.3) is 0 Å². The average Bonchev–Trinajstić information content (AvgIpc) is 2.59. The van der Waals surface area contributed by atoms with E-state index in [-0.39, 0.29) is 10.9 Å². The van der Waals surface area contributed by atoms with Crippen molar-refractivity contribution in [2.24, 2.45) is 0 Å². The second kappa shape index (κ2) is 7.13. The summed E-state index contributed by atoms with van der Waals surface area (Å²) >= 11 is 0. The SMILES string of the molecule is Cc1ccc(S(=O)(=O)Nc2c(C)nc(Oc3ccccc3)nc2C)cc1. The van der Waals surface area contributed by atoms with Gasteiger partial charge in [-0.05, 0) is 45.0 Å². The van der Waals surface area contributed by atoms with Gasteiger partial charge in [-0.1, -0.05) is 35.9 Å². The molecule has 7 heteroatoms. The third-order valence-corrected chi connectivity index (χ3v) is 5.14. The van der Waals surface area contributed by atoms with Crippen LogP contribution in [-0.2, 0) is 10.0 Å². The Labute approximate surface area is 153 Å². The van der Waals surface area contributed by atoms with Gasteiger partial charge in [-0.2, -0.15) is 9.97 Å². The van der Waals surface area contributed by atoms with Gasteiger partial charge >= 0.3 is 6.01 Å². The first kappa shape index (κ1) is 17.9. The summed E-state index contributed by atoms with van der Waals surface area (Å²) in [7, 11) is -3.72. The lowest BCUT2D eigenvalue weighted by molar-refractivity contribution is 0.439. The number of hydrogen-bond donors (Lipinski definition) is 1. The molecule has 0 saturated heterocycles. The fraction of sp³-hybridized carbons (Fsp3) is 0.158. The van der Waals surface area contributed by atoms with E-state index in [4.69, 9.17) is 4.74 Å². The largest absolute Gasteiger partial charge is 0.424 e. The molecule has 1 heterocycles. The van der Waals surface area contributed by atoms with Crippen molar-refractivity contribution in [3.8, 4) is 11.8 Å². The highest BCUT2D eigenvalue weighted by Gasteiger charge is 2.18. The molecule has 0 bridgehead atoms. The molecule has 134 valence electrons. The molecule has 26 heavy (non-hydrogen) atoms. The minimum absolute atomic E-state index is 0.171. The molecule has 0 spiro atoms. The normalized spacial score (nSPS) is 11.2. The van der Waals surface area contributed by atoms with Gasteiger partial charge in [-0.3, -0.25) is 4.72 Å². The van der Waals surface area contributed by atoms with E-state index < -0.39 is 10.0 Å². The highest BCUT2D eigenvalue weighted by atomic mass is 32.2. The van der Waals surface area contributed by atoms with Crippen LogP contribution in [0.4, 0.5) is 5.69 Å². The summed E-state index contributed by atoms with van der Waals surface area (Å²) in [6, 6.07) is 16.0. The van der Waals surface area contributed by atoms with Gasteiger partial charge in [-0.25, -0.2) is 8.42 Å². The Hall–Kier alpha value is -2.93. The average molecular weight is 369 g/mol. The molecule has 2 aromatic carbocycles. The second-order valence-corrected chi connectivity index (χ2v) is 7.57. The third-order valence-electron chi connectivity index (χ3n) is 3.77. The van der Waals surface area contributed by atoms with Crippen molar-refractivity contribution in [3.05, 3.63) is 71.5 Å². The van der Waals surface area contributed by atoms with Gasteiger partial charge in [-0.15, -0.1) is 0 Å². The second-order valence-electron chi connectivity index (χ2n) is 5.89. The standard InChI is InChI=1S/C19H19N3O3S/c1-13-9-11-17(12-10-13)26(23,24)22-18-14(2)20-19(21-15(18)3)25-16-7-5-4-6-8-16/h4-12,22H,1-3H3. The Balaban J connectivity index is 1.88. The van der Waals surface area contributed by atoms with Crippen LogP contribution in [0.3, 0.4) is 0 Å². The Morgan fingerprint density at radius 1 is 0.846 bits per heavy atom. The highest BCUT2D eigenvalue weighted by Crippen LogP contribution is 2.25. The zero-order valence-corrected chi connectivity index (χ0v) is 15.5. The van der Waals surface area contributed by atoms with E-state index >= 15 is 0 Å². The molecule has 0 fully saturated rings. The molecule has 0 aliphatic rings. The van der Waals surface area contributed by atoms with Gasteiger partial charge in [0, 0.05) is 0 Å². The molecule has 0 saturated carbocycles. The number of ether oxygens (including phenoxy) is 1. The number of hydrogen-bond acceptors (Lipinski definition) is 5. The molecule has 0 aliphatic heterocycles. The summed E-state index contributed by atoms with van der Waals surface area (Å²) in [6.45, 7) is 5.32. The van der Waals surface area contributed by atoms with E-state index in [2.05, 4.69) is 14.7 Å². The Kier molecular flexibility index (Phi) is 4.90. The van der Waals surface area contributed by atoms with Crippen LogP contribution in [-0.4, -0.2) is 18.4 Å². The molecule has 3 rings (SSSR count). The monoisotopic (exact) mass is 369 g/mol. The lowest BCUT2D eigenvalue weighted by Crippen LogP contribution is -2.16. The van der Waals surface area contributed by atoms with Gasteiger partial charge in [0.25, 0.3) is 10.0 Å². The molecular weight excluding hydrogens is 350 g/mol. The number of para-hydroxylation sites is 1. The van der Waals surface area contributed by atoms with E-state index in [1.807, 2.05) is 25.1 Å². The van der Waals surface area contributed by atoms with Crippen LogP contribution in [0.1, 0.15) is 17.0 Å². The molecule has 1 N–H and O–H groups in total. The summed E-state index contributed by atoms with van der Waals surface area (Å²) in [5.74, 6) is 0.610. The van der Waals surface area contributed by atoms with Crippen molar-refractivity contribution in [1.29, 1.82) is 0 Å². The number of nitrogens with one attached hydrogen (secondary N) is 1. The van der Waals surface area contributed by atoms with Crippen molar-refractivity contribution in [2.75, 3.05) is 4.72 Å². The van der Waals surface area contributed by atoms with Gasteiger partial charge in [0.05, 0.1) is 22.0 Å². The van der Waals surface area contributed by atoms with Crippen molar-refractivity contribution >= 4 is 15.7 Å². The van der Waals surface area contributed by atoms with E-state index in [0.29, 0.717) is 22.8 Å². The van der Waals surface area contributed by atoms with Crippen LogP contribution in [0, 0.1) is 20.8 Å². The maximum atomic E-state index is 12.6. The number of nitrogens with zero attached hydrogens (tertiary/aromatic N) is 2. The van der Waals surface area contributed by atoms with Gasteiger partial charge in [0.15, 0.2) is 0 Å². The molecule has 0 unspecified atom stereocenters. The van der Waals surface area contributed by atoms with Crippen LogP contribution in [0.5, 0.6) is 11.8 Å². The highest BCUT2D eigenvalue weighted by molar-refractivity contribution is 7.92. The van der Waals surface area contributed by atoms with E-state index in [9.17, 15) is 8.42 Å². The zero-order chi connectivity index (χ0) is 18.7. The first-order chi connectivity index (χ1) is 12.3. The summed E-state index contributed by atoms with van der Waals surface area (Å²) in [6.07, 6.45) is 0. The molecular formula is C19H19N3O3S. The fourth-order valence-electron chi connectivity index (χ4n) is 2.38. The Morgan fingerprint density at radius 3 is 2.00 bits per heavy atom. The van der Waals surface area contributed by atoms with Crippen LogP contribution < -0.4 is 9.46 Å². The molecule has 0 atom stereocenters. The van der Waals surface area contributed by atoms with E-state index in [0.717, 1.165) is 5.56 Å². The zero-order valence-electron chi connectivity index (χ0n) is 14.7. The van der Waals surface area contributed by atoms with Gasteiger partial charge < -0.3 is 4.74 Å². The minimum Gasteiger partial charge on any atom is -0.424 e. The topological polar surface area (TPSA) is 81.2 Å². The van der Waals surface area contributed by atoms with Crippen molar-refractivity contribution in [2.45, 2.75) is 25.7 Å². The number of benzene rings is 2. The molecule has 1 aromatic heterocycles. The van der Waals surface area contributed by atoms with Gasteiger partial charge in [0.2, 0.25) is 0 Å². The quantitative estimate of drug-likeness (QED) is 0.735. The minimum atomic E-state index is -3.72. The van der Waals surface area contributed by atoms with Crippen molar-refractivity contribution in [1.82, 2.24) is 9.97 Å². The number of rotatable bonds is 5. The molecule has 0 amide bonds. The molecule has 3 aromatic rings. The lowest BCUT2D eigenvalue weighted by Gasteiger charge is -2.14. The molecule has 6 nitrogen and oxygen atoms in total. The predicted molar refractivity (Wildman–Crippen MR) is 100 cm³/mol. The van der Waals surface area contributed by atoms with E-state index in [1.54, 1.807) is 50.2 Å². The number of aryl methyl sites for hydroxylation is 3. The third kappa shape index (κ3) is 4.00. The predicted octanol–water partition coefficient (Wildman–Crippen LogP) is 3.99. The smallest absolute Gasteiger partial charge is 0.322 e. The summed E-state index contributed by atoms with van der Waals surface area (Å²) in [5.41, 5.74) is 2.31. The maximum absolute atomic E-state index is 12.6. The Morgan fingerprint density at radius 2 is 1.42 bits per heavy atom. The Bertz CT molecular complexity index is 995. The molecule has 0 radical (unpaired) electrons. The van der Waals surface area contributed by atoms with Crippen LogP contribution >= 0.6 is 0 Å².